The monoisotopic (exact) mass is 473 g/mol. The number of nitrogens with one attached hydrogen (secondary N) is 2. The van der Waals surface area contributed by atoms with Crippen molar-refractivity contribution in [2.45, 2.75) is 19.4 Å². The minimum absolute atomic E-state index is 0.171. The number of anilines is 2. The molecule has 182 valence electrons. The molecule has 0 saturated heterocycles. The first-order chi connectivity index (χ1) is 17.1. The maximum Gasteiger partial charge on any atom is 0.255 e. The lowest BCUT2D eigenvalue weighted by atomic mass is 9.98. The van der Waals surface area contributed by atoms with E-state index in [0.717, 1.165) is 31.6 Å². The van der Waals surface area contributed by atoms with Crippen LogP contribution >= 0.6 is 0 Å². The van der Waals surface area contributed by atoms with Crippen molar-refractivity contribution >= 4 is 23.2 Å². The van der Waals surface area contributed by atoms with E-state index in [9.17, 15) is 9.59 Å². The van der Waals surface area contributed by atoms with Gasteiger partial charge in [-0.1, -0.05) is 24.3 Å². The summed E-state index contributed by atoms with van der Waals surface area (Å²) in [5.41, 5.74) is 5.07. The van der Waals surface area contributed by atoms with E-state index in [1.165, 1.54) is 11.1 Å². The zero-order valence-corrected chi connectivity index (χ0v) is 20.2. The third kappa shape index (κ3) is 6.00. The van der Waals surface area contributed by atoms with Crippen LogP contribution in [0.2, 0.25) is 0 Å². The number of amides is 2. The standard InChI is InChI=1S/C28H31N3O4/c1-34-17-5-15-29-28(33)25-18-23(30-27(32)21-8-11-24(35-2)12-9-21)10-13-26(25)31-16-14-20-6-3-4-7-22(20)19-31/h3-4,6-13,18H,5,14-17,19H2,1-2H3,(H,29,33)(H,30,32). The fourth-order valence-electron chi connectivity index (χ4n) is 4.23. The van der Waals surface area contributed by atoms with Gasteiger partial charge in [0.05, 0.1) is 12.7 Å². The van der Waals surface area contributed by atoms with E-state index < -0.39 is 0 Å². The molecule has 3 aromatic carbocycles. The molecule has 0 radical (unpaired) electrons. The maximum absolute atomic E-state index is 13.2. The Morgan fingerprint density at radius 3 is 2.46 bits per heavy atom. The number of benzene rings is 3. The number of methoxy groups -OCH3 is 2. The summed E-state index contributed by atoms with van der Waals surface area (Å²) in [6, 6.07) is 20.8. The van der Waals surface area contributed by atoms with Crippen molar-refractivity contribution in [3.63, 3.8) is 0 Å². The molecular weight excluding hydrogens is 442 g/mol. The lowest BCUT2D eigenvalue weighted by Crippen LogP contribution is -2.33. The third-order valence-electron chi connectivity index (χ3n) is 6.13. The average molecular weight is 474 g/mol. The van der Waals surface area contributed by atoms with Gasteiger partial charge in [-0.05, 0) is 66.4 Å². The van der Waals surface area contributed by atoms with Crippen LogP contribution in [0, 0.1) is 0 Å². The van der Waals surface area contributed by atoms with Crippen LogP contribution in [0.3, 0.4) is 0 Å². The Balaban J connectivity index is 1.57. The Kier molecular flexibility index (Phi) is 8.00. The van der Waals surface area contributed by atoms with E-state index in [0.29, 0.717) is 35.7 Å². The number of ether oxygens (including phenoxy) is 2. The lowest BCUT2D eigenvalue weighted by molar-refractivity contribution is 0.0947. The molecule has 4 rings (SSSR count). The van der Waals surface area contributed by atoms with E-state index in [4.69, 9.17) is 9.47 Å². The van der Waals surface area contributed by atoms with Gasteiger partial charge in [-0.25, -0.2) is 0 Å². The van der Waals surface area contributed by atoms with Crippen LogP contribution in [0.4, 0.5) is 11.4 Å². The van der Waals surface area contributed by atoms with Crippen LogP contribution in [-0.2, 0) is 17.7 Å². The van der Waals surface area contributed by atoms with Crippen LogP contribution in [0.5, 0.6) is 5.75 Å². The molecule has 0 spiro atoms. The lowest BCUT2D eigenvalue weighted by Gasteiger charge is -2.32. The second kappa shape index (κ2) is 11.5. The van der Waals surface area contributed by atoms with Crippen molar-refractivity contribution in [3.8, 4) is 5.75 Å². The smallest absolute Gasteiger partial charge is 0.255 e. The fraction of sp³-hybridized carbons (Fsp3) is 0.286. The molecule has 1 aliphatic heterocycles. The SMILES string of the molecule is COCCCNC(=O)c1cc(NC(=O)c2ccc(OC)cc2)ccc1N1CCc2ccccc2C1. The number of carbonyl (C=O) groups excluding carboxylic acids is 2. The predicted molar refractivity (Wildman–Crippen MR) is 137 cm³/mol. The molecule has 0 aliphatic carbocycles. The highest BCUT2D eigenvalue weighted by Gasteiger charge is 2.22. The number of fused-ring (bicyclic) bond motifs is 1. The van der Waals surface area contributed by atoms with Gasteiger partial charge in [0.25, 0.3) is 11.8 Å². The first-order valence-electron chi connectivity index (χ1n) is 11.8. The highest BCUT2D eigenvalue weighted by Crippen LogP contribution is 2.30. The number of rotatable bonds is 9. The van der Waals surface area contributed by atoms with Gasteiger partial charge in [0.1, 0.15) is 5.75 Å². The van der Waals surface area contributed by atoms with Crippen LogP contribution in [0.15, 0.2) is 66.7 Å². The van der Waals surface area contributed by atoms with E-state index in [-0.39, 0.29) is 11.8 Å². The van der Waals surface area contributed by atoms with Crippen LogP contribution in [0.25, 0.3) is 0 Å². The van der Waals surface area contributed by atoms with E-state index in [1.807, 2.05) is 18.2 Å². The summed E-state index contributed by atoms with van der Waals surface area (Å²) < 4.78 is 10.2. The Morgan fingerprint density at radius 2 is 1.71 bits per heavy atom. The summed E-state index contributed by atoms with van der Waals surface area (Å²) in [6.07, 6.45) is 1.64. The molecule has 7 heteroatoms. The van der Waals surface area contributed by atoms with Crippen molar-refractivity contribution < 1.29 is 19.1 Å². The Bertz CT molecular complexity index is 1180. The highest BCUT2D eigenvalue weighted by molar-refractivity contribution is 6.06. The van der Waals surface area contributed by atoms with Gasteiger partial charge in [-0.2, -0.15) is 0 Å². The second-order valence-corrected chi connectivity index (χ2v) is 8.46. The molecule has 2 amide bonds. The van der Waals surface area contributed by atoms with Crippen LogP contribution in [-0.4, -0.2) is 45.7 Å². The van der Waals surface area contributed by atoms with Crippen molar-refractivity contribution in [3.05, 3.63) is 89.0 Å². The van der Waals surface area contributed by atoms with Crippen LogP contribution in [0.1, 0.15) is 38.3 Å². The zero-order valence-electron chi connectivity index (χ0n) is 20.2. The Labute approximate surface area is 206 Å². The minimum atomic E-state index is -0.251. The quantitative estimate of drug-likeness (QED) is 0.454. The first-order valence-corrected chi connectivity index (χ1v) is 11.8. The molecule has 0 aromatic heterocycles. The summed E-state index contributed by atoms with van der Waals surface area (Å²) in [7, 11) is 3.22. The molecular formula is C28H31N3O4. The largest absolute Gasteiger partial charge is 0.497 e. The predicted octanol–water partition coefficient (Wildman–Crippen LogP) is 4.28. The van der Waals surface area contributed by atoms with E-state index in [1.54, 1.807) is 44.6 Å². The molecule has 7 nitrogen and oxygen atoms in total. The molecule has 0 saturated carbocycles. The molecule has 0 bridgehead atoms. The van der Waals surface area contributed by atoms with Gasteiger partial charge in [0.15, 0.2) is 0 Å². The maximum atomic E-state index is 13.2. The molecule has 1 aliphatic rings. The molecule has 1 heterocycles. The van der Waals surface area contributed by atoms with Gasteiger partial charge >= 0.3 is 0 Å². The summed E-state index contributed by atoms with van der Waals surface area (Å²) in [5.74, 6) is 0.260. The van der Waals surface area contributed by atoms with Crippen LogP contribution < -0.4 is 20.3 Å². The molecule has 0 atom stereocenters. The summed E-state index contributed by atoms with van der Waals surface area (Å²) in [5, 5.41) is 5.90. The van der Waals surface area contributed by atoms with E-state index in [2.05, 4.69) is 33.7 Å². The average Bonchev–Trinajstić information content (AvgIpc) is 2.90. The highest BCUT2D eigenvalue weighted by atomic mass is 16.5. The second-order valence-electron chi connectivity index (χ2n) is 8.46. The van der Waals surface area contributed by atoms with Gasteiger partial charge in [0, 0.05) is 50.3 Å². The van der Waals surface area contributed by atoms with Crippen molar-refractivity contribution in [1.82, 2.24) is 5.32 Å². The van der Waals surface area contributed by atoms with Crippen molar-refractivity contribution in [2.24, 2.45) is 0 Å². The molecule has 0 fully saturated rings. The number of hydrogen-bond acceptors (Lipinski definition) is 5. The van der Waals surface area contributed by atoms with Gasteiger partial charge in [-0.15, -0.1) is 0 Å². The van der Waals surface area contributed by atoms with Gasteiger partial charge in [-0.3, -0.25) is 9.59 Å². The Hall–Kier alpha value is -3.84. The molecule has 0 unspecified atom stereocenters. The van der Waals surface area contributed by atoms with E-state index >= 15 is 0 Å². The topological polar surface area (TPSA) is 79.9 Å². The molecule has 35 heavy (non-hydrogen) atoms. The Morgan fingerprint density at radius 1 is 0.943 bits per heavy atom. The normalized spacial score (nSPS) is 12.6. The molecule has 3 aromatic rings. The zero-order chi connectivity index (χ0) is 24.6. The fourth-order valence-corrected chi connectivity index (χ4v) is 4.23. The van der Waals surface area contributed by atoms with Crippen molar-refractivity contribution in [2.75, 3.05) is 44.1 Å². The number of nitrogens with zero attached hydrogens (tertiary/aromatic N) is 1. The summed E-state index contributed by atoms with van der Waals surface area (Å²) in [6.45, 7) is 2.64. The van der Waals surface area contributed by atoms with Crippen molar-refractivity contribution in [1.29, 1.82) is 0 Å². The van der Waals surface area contributed by atoms with Gasteiger partial charge in [0.2, 0.25) is 0 Å². The minimum Gasteiger partial charge on any atom is -0.497 e. The third-order valence-corrected chi connectivity index (χ3v) is 6.13. The summed E-state index contributed by atoms with van der Waals surface area (Å²) >= 11 is 0. The number of carbonyl (C=O) groups is 2. The first kappa shape index (κ1) is 24.3. The summed E-state index contributed by atoms with van der Waals surface area (Å²) in [4.78, 5) is 28.2. The number of hydrogen-bond donors (Lipinski definition) is 2. The van der Waals surface area contributed by atoms with Gasteiger partial charge < -0.3 is 25.0 Å². The molecule has 2 N–H and O–H groups in total.